The van der Waals surface area contributed by atoms with Gasteiger partial charge in [0.15, 0.2) is 0 Å². The first-order valence-electron chi connectivity index (χ1n) is 11.0. The molecule has 1 atom stereocenters. The molecule has 1 aliphatic heterocycles. The minimum Gasteiger partial charge on any atom is -0.356 e. The van der Waals surface area contributed by atoms with Crippen LogP contribution < -0.4 is 15.8 Å². The van der Waals surface area contributed by atoms with Crippen LogP contribution in [0.2, 0.25) is 5.02 Å². The molecule has 1 N–H and O–H groups in total. The number of hydrogen-bond acceptors (Lipinski definition) is 4. The molecule has 6 nitrogen and oxygen atoms in total. The van der Waals surface area contributed by atoms with Crippen LogP contribution in [-0.2, 0) is 11.2 Å². The Balaban J connectivity index is 1.37. The van der Waals surface area contributed by atoms with Crippen molar-refractivity contribution in [2.24, 2.45) is 5.92 Å². The Morgan fingerprint density at radius 1 is 1.09 bits per heavy atom. The molecule has 3 aromatic rings. The van der Waals surface area contributed by atoms with E-state index in [1.54, 1.807) is 30.3 Å². The smallest absolute Gasteiger partial charge is 0.271 e. The van der Waals surface area contributed by atoms with Gasteiger partial charge in [0.25, 0.3) is 5.56 Å². The summed E-state index contributed by atoms with van der Waals surface area (Å²) in [7, 11) is 0. The number of halogens is 1. The molecule has 4 rings (SSSR count). The fourth-order valence-electron chi connectivity index (χ4n) is 4.06. The molecule has 1 saturated heterocycles. The van der Waals surface area contributed by atoms with Crippen molar-refractivity contribution >= 4 is 23.3 Å². The molecular weight excluding hydrogens is 424 g/mol. The van der Waals surface area contributed by atoms with E-state index >= 15 is 0 Å². The van der Waals surface area contributed by atoms with Crippen LogP contribution in [0.25, 0.3) is 5.69 Å². The van der Waals surface area contributed by atoms with Gasteiger partial charge in [0.05, 0.1) is 11.6 Å². The number of hydrogen-bond donors (Lipinski definition) is 1. The number of anilines is 1. The summed E-state index contributed by atoms with van der Waals surface area (Å²) in [5.41, 5.74) is 1.68. The summed E-state index contributed by atoms with van der Waals surface area (Å²) in [6, 6.07) is 20.6. The Morgan fingerprint density at radius 3 is 2.75 bits per heavy atom. The highest BCUT2D eigenvalue weighted by molar-refractivity contribution is 6.30. The van der Waals surface area contributed by atoms with E-state index in [1.807, 2.05) is 18.2 Å². The number of amides is 1. The number of rotatable bonds is 7. The van der Waals surface area contributed by atoms with E-state index in [2.05, 4.69) is 27.4 Å². The maximum Gasteiger partial charge on any atom is 0.271 e. The summed E-state index contributed by atoms with van der Waals surface area (Å²) in [6.45, 7) is 2.06. The average Bonchev–Trinajstić information content (AvgIpc) is 2.83. The predicted molar refractivity (Wildman–Crippen MR) is 128 cm³/mol. The van der Waals surface area contributed by atoms with Crippen LogP contribution in [0.4, 0.5) is 5.82 Å². The second-order valence-corrected chi connectivity index (χ2v) is 8.52. The van der Waals surface area contributed by atoms with Crippen LogP contribution in [0.15, 0.2) is 71.5 Å². The third-order valence-electron chi connectivity index (χ3n) is 5.74. The van der Waals surface area contributed by atoms with Gasteiger partial charge in [0.2, 0.25) is 5.91 Å². The van der Waals surface area contributed by atoms with Crippen LogP contribution >= 0.6 is 11.6 Å². The Bertz CT molecular complexity index is 1120. The fourth-order valence-corrected chi connectivity index (χ4v) is 4.24. The zero-order valence-electron chi connectivity index (χ0n) is 17.9. The van der Waals surface area contributed by atoms with E-state index in [4.69, 9.17) is 11.6 Å². The number of piperidine rings is 1. The van der Waals surface area contributed by atoms with Gasteiger partial charge in [0.1, 0.15) is 5.82 Å². The van der Waals surface area contributed by atoms with Gasteiger partial charge in [-0.1, -0.05) is 48.0 Å². The third-order valence-corrected chi connectivity index (χ3v) is 5.97. The SMILES string of the molecule is O=C(NCCCc1ccccc1)[C@H]1CCCN(c2ccc(=O)n(-c3cccc(Cl)c3)n2)C1. The van der Waals surface area contributed by atoms with Gasteiger partial charge in [0, 0.05) is 30.7 Å². The summed E-state index contributed by atoms with van der Waals surface area (Å²) in [5.74, 6) is 0.686. The quantitative estimate of drug-likeness (QED) is 0.555. The lowest BCUT2D eigenvalue weighted by Crippen LogP contribution is -2.44. The summed E-state index contributed by atoms with van der Waals surface area (Å²) < 4.78 is 1.36. The number of carbonyl (C=O) groups is 1. The van der Waals surface area contributed by atoms with Crippen molar-refractivity contribution in [3.8, 4) is 5.69 Å². The highest BCUT2D eigenvalue weighted by Gasteiger charge is 2.26. The topological polar surface area (TPSA) is 67.2 Å². The molecule has 1 amide bonds. The number of aryl methyl sites for hydroxylation is 1. The van der Waals surface area contributed by atoms with Crippen LogP contribution in [-0.4, -0.2) is 35.3 Å². The summed E-state index contributed by atoms with van der Waals surface area (Å²) in [5, 5.41) is 8.19. The maximum absolute atomic E-state index is 12.7. The molecule has 32 heavy (non-hydrogen) atoms. The maximum atomic E-state index is 12.7. The van der Waals surface area contributed by atoms with Gasteiger partial charge < -0.3 is 10.2 Å². The highest BCUT2D eigenvalue weighted by Crippen LogP contribution is 2.22. The predicted octanol–water partition coefficient (Wildman–Crippen LogP) is 3.85. The molecule has 7 heteroatoms. The molecule has 0 unspecified atom stereocenters. The van der Waals surface area contributed by atoms with Crippen molar-refractivity contribution in [3.05, 3.63) is 87.7 Å². The van der Waals surface area contributed by atoms with Gasteiger partial charge in [-0.05, 0) is 55.5 Å². The van der Waals surface area contributed by atoms with Crippen LogP contribution in [0.1, 0.15) is 24.8 Å². The van der Waals surface area contributed by atoms with E-state index in [1.165, 1.54) is 16.3 Å². The van der Waals surface area contributed by atoms with E-state index in [0.717, 1.165) is 32.2 Å². The van der Waals surface area contributed by atoms with E-state index in [9.17, 15) is 9.59 Å². The number of nitrogens with one attached hydrogen (secondary N) is 1. The molecule has 0 radical (unpaired) electrons. The van der Waals surface area contributed by atoms with Crippen molar-refractivity contribution in [1.29, 1.82) is 0 Å². The van der Waals surface area contributed by atoms with Crippen LogP contribution in [0, 0.1) is 5.92 Å². The first-order chi connectivity index (χ1) is 15.6. The molecule has 0 saturated carbocycles. The van der Waals surface area contributed by atoms with Gasteiger partial charge in [-0.2, -0.15) is 4.68 Å². The largest absolute Gasteiger partial charge is 0.356 e. The number of carbonyl (C=O) groups excluding carboxylic acids is 1. The van der Waals surface area contributed by atoms with Gasteiger partial charge in [-0.25, -0.2) is 0 Å². The highest BCUT2D eigenvalue weighted by atomic mass is 35.5. The summed E-state index contributed by atoms with van der Waals surface area (Å²) in [4.78, 5) is 27.2. The first-order valence-corrected chi connectivity index (χ1v) is 11.4. The second kappa shape index (κ2) is 10.5. The van der Waals surface area contributed by atoms with Crippen molar-refractivity contribution in [3.63, 3.8) is 0 Å². The first kappa shape index (κ1) is 22.1. The molecule has 1 aromatic heterocycles. The Hall–Kier alpha value is -3.12. The minimum atomic E-state index is -0.222. The molecule has 2 heterocycles. The molecule has 0 spiro atoms. The average molecular weight is 451 g/mol. The number of benzene rings is 2. The Kier molecular flexibility index (Phi) is 7.22. The van der Waals surface area contributed by atoms with Gasteiger partial charge in [-0.15, -0.1) is 5.10 Å². The van der Waals surface area contributed by atoms with E-state index < -0.39 is 0 Å². The van der Waals surface area contributed by atoms with Gasteiger partial charge >= 0.3 is 0 Å². The lowest BCUT2D eigenvalue weighted by atomic mass is 9.97. The number of aromatic nitrogens is 2. The van der Waals surface area contributed by atoms with E-state index in [0.29, 0.717) is 29.6 Å². The molecule has 1 fully saturated rings. The zero-order valence-corrected chi connectivity index (χ0v) is 18.7. The van der Waals surface area contributed by atoms with Gasteiger partial charge in [-0.3, -0.25) is 9.59 Å². The molecule has 0 bridgehead atoms. The molecule has 166 valence electrons. The molecular formula is C25H27ClN4O2. The zero-order chi connectivity index (χ0) is 22.3. The Morgan fingerprint density at radius 2 is 1.94 bits per heavy atom. The molecule has 2 aromatic carbocycles. The minimum absolute atomic E-state index is 0.0888. The summed E-state index contributed by atoms with van der Waals surface area (Å²) >= 11 is 6.08. The van der Waals surface area contributed by atoms with Crippen LogP contribution in [0.5, 0.6) is 0 Å². The fraction of sp³-hybridized carbons (Fsp3) is 0.320. The van der Waals surface area contributed by atoms with Crippen molar-refractivity contribution in [2.75, 3.05) is 24.5 Å². The standard InChI is InChI=1S/C25H27ClN4O2/c26-21-11-4-12-22(17-21)30-24(31)14-13-23(28-30)29-16-6-10-20(18-29)25(32)27-15-5-9-19-7-2-1-3-8-19/h1-4,7-8,11-14,17,20H,5-6,9-10,15-16,18H2,(H,27,32)/t20-/m0/s1. The lowest BCUT2D eigenvalue weighted by Gasteiger charge is -2.33. The normalized spacial score (nSPS) is 16.0. The number of nitrogens with zero attached hydrogens (tertiary/aromatic N) is 3. The molecule has 1 aliphatic rings. The van der Waals surface area contributed by atoms with Crippen molar-refractivity contribution in [1.82, 2.24) is 15.1 Å². The third kappa shape index (κ3) is 5.56. The Labute approximate surface area is 192 Å². The molecule has 0 aliphatic carbocycles. The lowest BCUT2D eigenvalue weighted by molar-refractivity contribution is -0.125. The monoisotopic (exact) mass is 450 g/mol. The second-order valence-electron chi connectivity index (χ2n) is 8.09. The van der Waals surface area contributed by atoms with Crippen molar-refractivity contribution < 1.29 is 4.79 Å². The summed E-state index contributed by atoms with van der Waals surface area (Å²) in [6.07, 6.45) is 3.63. The van der Waals surface area contributed by atoms with E-state index in [-0.39, 0.29) is 17.4 Å². The van der Waals surface area contributed by atoms with Crippen LogP contribution in [0.3, 0.4) is 0 Å². The van der Waals surface area contributed by atoms with Crippen molar-refractivity contribution in [2.45, 2.75) is 25.7 Å².